The molecule has 0 aliphatic carbocycles. The molecular formula is C19H16ClNO2. The van der Waals surface area contributed by atoms with Crippen molar-refractivity contribution in [2.24, 2.45) is 0 Å². The van der Waals surface area contributed by atoms with E-state index in [9.17, 15) is 9.59 Å². The lowest BCUT2D eigenvalue weighted by Gasteiger charge is -2.22. The van der Waals surface area contributed by atoms with Crippen LogP contribution in [0.2, 0.25) is 0 Å². The van der Waals surface area contributed by atoms with E-state index in [1.807, 2.05) is 59.5 Å². The van der Waals surface area contributed by atoms with Gasteiger partial charge in [-0.25, -0.2) is 0 Å². The summed E-state index contributed by atoms with van der Waals surface area (Å²) in [7, 11) is 0. The molecule has 23 heavy (non-hydrogen) atoms. The number of fused-ring (bicyclic) bond motifs is 1. The van der Waals surface area contributed by atoms with Crippen molar-refractivity contribution in [2.75, 3.05) is 0 Å². The second-order valence-corrected chi connectivity index (χ2v) is 5.81. The molecule has 0 N–H and O–H groups in total. The maximum atomic E-state index is 12.1. The van der Waals surface area contributed by atoms with Crippen molar-refractivity contribution in [1.29, 1.82) is 0 Å². The first-order valence-electron chi connectivity index (χ1n) is 7.39. The highest BCUT2D eigenvalue weighted by Gasteiger charge is 2.34. The lowest BCUT2D eigenvalue weighted by molar-refractivity contribution is -0.133. The zero-order chi connectivity index (χ0) is 16.2. The van der Waals surface area contributed by atoms with Gasteiger partial charge in [-0.05, 0) is 28.3 Å². The minimum absolute atomic E-state index is 0.392. The van der Waals surface area contributed by atoms with Crippen LogP contribution in [-0.2, 0) is 22.7 Å². The Bertz CT molecular complexity index is 752. The number of rotatable bonds is 5. The summed E-state index contributed by atoms with van der Waals surface area (Å²) in [6.45, 7) is 1.29. The summed E-state index contributed by atoms with van der Waals surface area (Å²) in [5.41, 5.74) is 5.63. The van der Waals surface area contributed by atoms with E-state index in [1.165, 1.54) is 5.54 Å². The van der Waals surface area contributed by atoms with Crippen LogP contribution in [0.25, 0.3) is 6.08 Å². The first-order chi connectivity index (χ1) is 11.2. The van der Waals surface area contributed by atoms with Gasteiger partial charge in [0, 0.05) is 18.6 Å². The Balaban J connectivity index is 1.84. The Kier molecular flexibility index (Phi) is 4.70. The van der Waals surface area contributed by atoms with Gasteiger partial charge >= 0.3 is 0 Å². The molecule has 0 fully saturated rings. The highest BCUT2D eigenvalue weighted by molar-refractivity contribution is 6.27. The number of ketones is 1. The summed E-state index contributed by atoms with van der Waals surface area (Å²) in [5.74, 6) is -0.392. The predicted octanol–water partition coefficient (Wildman–Crippen LogP) is 3.72. The van der Waals surface area contributed by atoms with Gasteiger partial charge in [-0.15, -0.1) is 0 Å². The standard InChI is InChI=1S/C19H16ClNO2/c20-10-9-14-5-7-15(8-6-14)11-21-12-16-3-1-2-4-17(16)19(21)18(23)13-22/h1-10,13,19H,11-12H2. The van der Waals surface area contributed by atoms with Gasteiger partial charge < -0.3 is 0 Å². The summed E-state index contributed by atoms with van der Waals surface area (Å²) in [6.07, 6.45) is 2.24. The molecule has 0 saturated heterocycles. The van der Waals surface area contributed by atoms with Crippen LogP contribution in [0.3, 0.4) is 0 Å². The average Bonchev–Trinajstić information content (AvgIpc) is 2.94. The normalized spacial score (nSPS) is 17.3. The van der Waals surface area contributed by atoms with Crippen LogP contribution >= 0.6 is 11.6 Å². The van der Waals surface area contributed by atoms with E-state index in [0.717, 1.165) is 22.3 Å². The Morgan fingerprint density at radius 1 is 1.17 bits per heavy atom. The summed E-state index contributed by atoms with van der Waals surface area (Å²) < 4.78 is 0. The van der Waals surface area contributed by atoms with Gasteiger partial charge in [0.2, 0.25) is 5.78 Å². The molecule has 3 nitrogen and oxygen atoms in total. The SMILES string of the molecule is O=CC(=O)C1c2ccccc2CN1Cc1ccc(C=CCl)cc1. The van der Waals surface area contributed by atoms with Crippen LogP contribution < -0.4 is 0 Å². The Hall–Kier alpha value is -2.23. The first kappa shape index (κ1) is 15.7. The Morgan fingerprint density at radius 3 is 2.61 bits per heavy atom. The fraction of sp³-hybridized carbons (Fsp3) is 0.158. The number of benzene rings is 2. The molecule has 3 rings (SSSR count). The van der Waals surface area contributed by atoms with Gasteiger partial charge in [0.05, 0.1) is 0 Å². The molecule has 0 aromatic heterocycles. The molecular weight excluding hydrogens is 310 g/mol. The molecule has 1 atom stereocenters. The van der Waals surface area contributed by atoms with Crippen molar-refractivity contribution >= 4 is 29.7 Å². The number of carbonyl (C=O) groups excluding carboxylic acids is 2. The van der Waals surface area contributed by atoms with Crippen molar-refractivity contribution in [3.8, 4) is 0 Å². The van der Waals surface area contributed by atoms with Crippen LogP contribution in [-0.4, -0.2) is 17.0 Å². The monoisotopic (exact) mass is 325 g/mol. The molecule has 2 aromatic rings. The van der Waals surface area contributed by atoms with Gasteiger partial charge in [0.25, 0.3) is 0 Å². The van der Waals surface area contributed by atoms with Crippen molar-refractivity contribution in [1.82, 2.24) is 4.90 Å². The Morgan fingerprint density at radius 2 is 1.91 bits per heavy atom. The number of hydrogen-bond donors (Lipinski definition) is 0. The van der Waals surface area contributed by atoms with Gasteiger partial charge in [-0.1, -0.05) is 60.1 Å². The molecule has 1 heterocycles. The zero-order valence-corrected chi connectivity index (χ0v) is 13.2. The summed E-state index contributed by atoms with van der Waals surface area (Å²) in [5, 5.41) is 0. The van der Waals surface area contributed by atoms with Crippen molar-refractivity contribution < 1.29 is 9.59 Å². The third kappa shape index (κ3) is 3.26. The van der Waals surface area contributed by atoms with E-state index in [2.05, 4.69) is 0 Å². The van der Waals surface area contributed by atoms with Gasteiger partial charge in [0.15, 0.2) is 6.29 Å². The lowest BCUT2D eigenvalue weighted by Crippen LogP contribution is -2.28. The van der Waals surface area contributed by atoms with Crippen molar-refractivity contribution in [3.05, 3.63) is 76.3 Å². The van der Waals surface area contributed by atoms with E-state index in [4.69, 9.17) is 11.6 Å². The second kappa shape index (κ2) is 6.90. The summed E-state index contributed by atoms with van der Waals surface area (Å²) >= 11 is 5.58. The lowest BCUT2D eigenvalue weighted by atomic mass is 10.0. The maximum absolute atomic E-state index is 12.1. The molecule has 1 unspecified atom stereocenters. The molecule has 0 spiro atoms. The first-order valence-corrected chi connectivity index (χ1v) is 7.83. The number of hydrogen-bond acceptors (Lipinski definition) is 3. The minimum Gasteiger partial charge on any atom is -0.295 e. The number of Topliss-reactive ketones (excluding diaryl/α,β-unsaturated/α-hetero) is 1. The third-order valence-corrected chi connectivity index (χ3v) is 4.22. The molecule has 116 valence electrons. The van der Waals surface area contributed by atoms with Gasteiger partial charge in [0.1, 0.15) is 6.04 Å². The van der Waals surface area contributed by atoms with E-state index in [0.29, 0.717) is 19.4 Å². The Labute approximate surface area is 140 Å². The van der Waals surface area contributed by atoms with Crippen LogP contribution in [0.1, 0.15) is 28.3 Å². The molecule has 2 aromatic carbocycles. The van der Waals surface area contributed by atoms with Crippen molar-refractivity contribution in [3.63, 3.8) is 0 Å². The highest BCUT2D eigenvalue weighted by atomic mass is 35.5. The summed E-state index contributed by atoms with van der Waals surface area (Å²) in [4.78, 5) is 25.1. The minimum atomic E-state index is -0.480. The largest absolute Gasteiger partial charge is 0.295 e. The molecule has 0 radical (unpaired) electrons. The maximum Gasteiger partial charge on any atom is 0.216 e. The smallest absolute Gasteiger partial charge is 0.216 e. The van der Waals surface area contributed by atoms with Crippen molar-refractivity contribution in [2.45, 2.75) is 19.1 Å². The predicted molar refractivity (Wildman–Crippen MR) is 90.8 cm³/mol. The van der Waals surface area contributed by atoms with E-state index >= 15 is 0 Å². The topological polar surface area (TPSA) is 37.4 Å². The molecule has 0 bridgehead atoms. The van der Waals surface area contributed by atoms with Gasteiger partial charge in [-0.2, -0.15) is 0 Å². The fourth-order valence-corrected chi connectivity index (χ4v) is 3.18. The highest BCUT2D eigenvalue weighted by Crippen LogP contribution is 2.35. The van der Waals surface area contributed by atoms with Crippen LogP contribution in [0.5, 0.6) is 0 Å². The molecule has 4 heteroatoms. The second-order valence-electron chi connectivity index (χ2n) is 5.56. The number of aldehydes is 1. The molecule has 0 amide bonds. The van der Waals surface area contributed by atoms with Crippen LogP contribution in [0.15, 0.2) is 54.1 Å². The average molecular weight is 326 g/mol. The quantitative estimate of drug-likeness (QED) is 0.621. The number of carbonyl (C=O) groups is 2. The molecule has 0 saturated carbocycles. The summed E-state index contributed by atoms with van der Waals surface area (Å²) in [6, 6.07) is 15.3. The number of nitrogens with zero attached hydrogens (tertiary/aromatic N) is 1. The van der Waals surface area contributed by atoms with Gasteiger partial charge in [-0.3, -0.25) is 14.5 Å². The van der Waals surface area contributed by atoms with Crippen LogP contribution in [0.4, 0.5) is 0 Å². The number of halogens is 1. The van der Waals surface area contributed by atoms with E-state index in [1.54, 1.807) is 0 Å². The molecule has 1 aliphatic rings. The zero-order valence-electron chi connectivity index (χ0n) is 12.5. The fourth-order valence-electron chi connectivity index (χ4n) is 3.04. The molecule has 1 aliphatic heterocycles. The van der Waals surface area contributed by atoms with Crippen LogP contribution in [0, 0.1) is 0 Å². The van der Waals surface area contributed by atoms with E-state index in [-0.39, 0.29) is 0 Å². The third-order valence-electron chi connectivity index (χ3n) is 4.09. The van der Waals surface area contributed by atoms with E-state index < -0.39 is 11.8 Å².